The topological polar surface area (TPSA) is 69.6 Å². The van der Waals surface area contributed by atoms with Crippen LogP contribution in [0.15, 0.2) is 18.2 Å². The van der Waals surface area contributed by atoms with Crippen molar-refractivity contribution in [2.75, 3.05) is 6.54 Å². The Morgan fingerprint density at radius 1 is 1.60 bits per heavy atom. The van der Waals surface area contributed by atoms with E-state index in [2.05, 4.69) is 5.32 Å². The lowest BCUT2D eigenvalue weighted by molar-refractivity contribution is 0.0920. The Bertz CT molecular complexity index is 366. The lowest BCUT2D eigenvalue weighted by atomic mass is 10.2. The molecule has 1 aromatic carbocycles. The van der Waals surface area contributed by atoms with Gasteiger partial charge in [-0.2, -0.15) is 0 Å². The number of carbonyl (C=O) groups excluding carboxylic acids is 1. The van der Waals surface area contributed by atoms with Crippen LogP contribution in [-0.4, -0.2) is 28.8 Å². The molecule has 0 aliphatic heterocycles. The largest absolute Gasteiger partial charge is 0.508 e. The second-order valence-corrected chi connectivity index (χ2v) is 3.22. The molecule has 3 N–H and O–H groups in total. The minimum atomic E-state index is -0.793. The Labute approximate surface area is 86.4 Å². The number of hydrogen-bond acceptors (Lipinski definition) is 3. The van der Waals surface area contributed by atoms with Gasteiger partial charge in [0.15, 0.2) is 0 Å². The molecule has 1 aromatic rings. The molecule has 82 valence electrons. The number of aliphatic hydroxyl groups is 1. The van der Waals surface area contributed by atoms with Crippen molar-refractivity contribution in [1.82, 2.24) is 5.32 Å². The van der Waals surface area contributed by atoms with E-state index in [0.29, 0.717) is 0 Å². The number of rotatable bonds is 3. The second kappa shape index (κ2) is 4.75. The number of benzene rings is 1. The normalized spacial score (nSPS) is 12.2. The van der Waals surface area contributed by atoms with Gasteiger partial charge in [-0.05, 0) is 19.1 Å². The predicted molar refractivity (Wildman–Crippen MR) is 52.1 cm³/mol. The molecule has 1 rings (SSSR count). The standard InChI is InChI=1S/C10H12FNO3/c1-6(13)5-12-10(15)8-3-2-7(14)4-9(8)11/h2-4,6,13-14H,5H2,1H3,(H,12,15). The number of halogens is 1. The van der Waals surface area contributed by atoms with Crippen molar-refractivity contribution in [2.45, 2.75) is 13.0 Å². The molecule has 4 nitrogen and oxygen atoms in total. The highest BCUT2D eigenvalue weighted by molar-refractivity contribution is 5.94. The van der Waals surface area contributed by atoms with E-state index in [1.807, 2.05) is 0 Å². The summed E-state index contributed by atoms with van der Waals surface area (Å²) in [5.41, 5.74) is -0.159. The fourth-order valence-electron chi connectivity index (χ4n) is 1.02. The van der Waals surface area contributed by atoms with E-state index in [4.69, 9.17) is 10.2 Å². The van der Waals surface area contributed by atoms with Crippen molar-refractivity contribution in [2.24, 2.45) is 0 Å². The van der Waals surface area contributed by atoms with Crippen LogP contribution in [0.25, 0.3) is 0 Å². The van der Waals surface area contributed by atoms with Crippen LogP contribution in [0.4, 0.5) is 4.39 Å². The van der Waals surface area contributed by atoms with Crippen LogP contribution in [0.2, 0.25) is 0 Å². The van der Waals surface area contributed by atoms with Gasteiger partial charge >= 0.3 is 0 Å². The fourth-order valence-corrected chi connectivity index (χ4v) is 1.02. The monoisotopic (exact) mass is 213 g/mol. The third kappa shape index (κ3) is 3.21. The average molecular weight is 213 g/mol. The number of aromatic hydroxyl groups is 1. The summed E-state index contributed by atoms with van der Waals surface area (Å²) < 4.78 is 13.1. The van der Waals surface area contributed by atoms with Gasteiger partial charge in [-0.1, -0.05) is 0 Å². The molecule has 0 heterocycles. The molecule has 1 atom stereocenters. The highest BCUT2D eigenvalue weighted by Crippen LogP contribution is 2.14. The Kier molecular flexibility index (Phi) is 3.62. The van der Waals surface area contributed by atoms with E-state index in [1.165, 1.54) is 19.1 Å². The molecule has 0 aliphatic carbocycles. The lowest BCUT2D eigenvalue weighted by Crippen LogP contribution is -2.31. The van der Waals surface area contributed by atoms with Crippen molar-refractivity contribution >= 4 is 5.91 Å². The molecule has 1 amide bonds. The molecule has 0 aromatic heterocycles. The van der Waals surface area contributed by atoms with Crippen molar-refractivity contribution in [3.8, 4) is 5.75 Å². The molecule has 0 saturated heterocycles. The van der Waals surface area contributed by atoms with Crippen LogP contribution in [-0.2, 0) is 0 Å². The molecule has 15 heavy (non-hydrogen) atoms. The summed E-state index contributed by atoms with van der Waals surface area (Å²) in [6.07, 6.45) is -0.686. The van der Waals surface area contributed by atoms with E-state index >= 15 is 0 Å². The van der Waals surface area contributed by atoms with E-state index in [0.717, 1.165) is 6.07 Å². The Balaban J connectivity index is 2.74. The van der Waals surface area contributed by atoms with E-state index in [-0.39, 0.29) is 17.9 Å². The maximum absolute atomic E-state index is 13.1. The maximum Gasteiger partial charge on any atom is 0.254 e. The number of phenols is 1. The summed E-state index contributed by atoms with van der Waals surface area (Å²) in [5, 5.41) is 20.2. The highest BCUT2D eigenvalue weighted by atomic mass is 19.1. The zero-order valence-corrected chi connectivity index (χ0v) is 8.20. The molecular formula is C10H12FNO3. The van der Waals surface area contributed by atoms with Gasteiger partial charge in [0.25, 0.3) is 5.91 Å². The van der Waals surface area contributed by atoms with Crippen LogP contribution in [0.1, 0.15) is 17.3 Å². The van der Waals surface area contributed by atoms with Gasteiger partial charge in [0, 0.05) is 12.6 Å². The first kappa shape index (κ1) is 11.5. The summed E-state index contributed by atoms with van der Waals surface area (Å²) in [4.78, 5) is 11.3. The highest BCUT2D eigenvalue weighted by Gasteiger charge is 2.12. The molecule has 0 spiro atoms. The maximum atomic E-state index is 13.1. The van der Waals surface area contributed by atoms with E-state index in [9.17, 15) is 9.18 Å². The summed E-state index contributed by atoms with van der Waals surface area (Å²) >= 11 is 0. The summed E-state index contributed by atoms with van der Waals surface area (Å²) in [5.74, 6) is -1.65. The van der Waals surface area contributed by atoms with E-state index in [1.54, 1.807) is 0 Å². The molecule has 0 radical (unpaired) electrons. The van der Waals surface area contributed by atoms with E-state index < -0.39 is 17.8 Å². The first-order chi connectivity index (χ1) is 7.00. The molecule has 1 unspecified atom stereocenters. The molecule has 0 bridgehead atoms. The number of carbonyl (C=O) groups is 1. The van der Waals surface area contributed by atoms with Gasteiger partial charge in [0.1, 0.15) is 11.6 Å². The molecular weight excluding hydrogens is 201 g/mol. The summed E-state index contributed by atoms with van der Waals surface area (Å²) in [6, 6.07) is 3.26. The van der Waals surface area contributed by atoms with Gasteiger partial charge < -0.3 is 15.5 Å². The number of aliphatic hydroxyl groups excluding tert-OH is 1. The Morgan fingerprint density at radius 3 is 2.80 bits per heavy atom. The number of hydrogen-bond donors (Lipinski definition) is 3. The fraction of sp³-hybridized carbons (Fsp3) is 0.300. The number of phenolic OH excluding ortho intramolecular Hbond substituents is 1. The van der Waals surface area contributed by atoms with Gasteiger partial charge in [-0.3, -0.25) is 4.79 Å². The van der Waals surface area contributed by atoms with Crippen LogP contribution in [0, 0.1) is 5.82 Å². The van der Waals surface area contributed by atoms with Gasteiger partial charge in [-0.15, -0.1) is 0 Å². The third-order valence-electron chi connectivity index (χ3n) is 1.76. The zero-order chi connectivity index (χ0) is 11.4. The quantitative estimate of drug-likeness (QED) is 0.690. The lowest BCUT2D eigenvalue weighted by Gasteiger charge is -2.07. The number of nitrogens with one attached hydrogen (secondary N) is 1. The number of amides is 1. The first-order valence-electron chi connectivity index (χ1n) is 4.45. The molecule has 5 heteroatoms. The van der Waals surface area contributed by atoms with Gasteiger partial charge in [0.05, 0.1) is 11.7 Å². The first-order valence-corrected chi connectivity index (χ1v) is 4.45. The van der Waals surface area contributed by atoms with Crippen LogP contribution in [0.3, 0.4) is 0 Å². The van der Waals surface area contributed by atoms with Crippen molar-refractivity contribution in [3.63, 3.8) is 0 Å². The summed E-state index contributed by atoms with van der Waals surface area (Å²) in [6.45, 7) is 1.56. The molecule has 0 aliphatic rings. The SMILES string of the molecule is CC(O)CNC(=O)c1ccc(O)cc1F. The minimum absolute atomic E-state index is 0.0547. The van der Waals surface area contributed by atoms with Crippen molar-refractivity contribution < 1.29 is 19.4 Å². The van der Waals surface area contributed by atoms with Crippen LogP contribution in [0.5, 0.6) is 5.75 Å². The van der Waals surface area contributed by atoms with Crippen molar-refractivity contribution in [3.05, 3.63) is 29.6 Å². The summed E-state index contributed by atoms with van der Waals surface area (Å²) in [7, 11) is 0. The predicted octanol–water partition coefficient (Wildman–Crippen LogP) is 0.642. The smallest absolute Gasteiger partial charge is 0.254 e. The molecule has 0 fully saturated rings. The molecule has 0 saturated carbocycles. The van der Waals surface area contributed by atoms with Gasteiger partial charge in [0.2, 0.25) is 0 Å². The Morgan fingerprint density at radius 2 is 2.27 bits per heavy atom. The van der Waals surface area contributed by atoms with Crippen molar-refractivity contribution in [1.29, 1.82) is 0 Å². The average Bonchev–Trinajstić information content (AvgIpc) is 2.14. The Hall–Kier alpha value is -1.62. The van der Waals surface area contributed by atoms with Gasteiger partial charge in [-0.25, -0.2) is 4.39 Å². The van der Waals surface area contributed by atoms with Crippen LogP contribution >= 0.6 is 0 Å². The second-order valence-electron chi connectivity index (χ2n) is 3.22. The third-order valence-corrected chi connectivity index (χ3v) is 1.76. The van der Waals surface area contributed by atoms with Crippen LogP contribution < -0.4 is 5.32 Å². The minimum Gasteiger partial charge on any atom is -0.508 e. The zero-order valence-electron chi connectivity index (χ0n) is 8.20.